The molecule has 0 unspecified atom stereocenters. The third-order valence-electron chi connectivity index (χ3n) is 1.52. The predicted molar refractivity (Wildman–Crippen MR) is 47.4 cm³/mol. The van der Waals surface area contributed by atoms with Crippen molar-refractivity contribution >= 4 is 5.84 Å². The molecule has 1 aromatic heterocycles. The van der Waals surface area contributed by atoms with Crippen LogP contribution in [-0.2, 0) is 6.54 Å². The Morgan fingerprint density at radius 3 is 3.08 bits per heavy atom. The standard InChI is InChI=1S/C7H13N5/c1-2-3-12-5-6(4-10-12)7(8)11-9/h4-5H,2-3,9H2,1H3,(H2,8,11). The van der Waals surface area contributed by atoms with Gasteiger partial charge in [-0.2, -0.15) is 10.2 Å². The van der Waals surface area contributed by atoms with Crippen LogP contribution in [0.4, 0.5) is 0 Å². The third-order valence-corrected chi connectivity index (χ3v) is 1.52. The molecular weight excluding hydrogens is 154 g/mol. The molecule has 4 N–H and O–H groups in total. The fourth-order valence-electron chi connectivity index (χ4n) is 0.922. The van der Waals surface area contributed by atoms with E-state index in [2.05, 4.69) is 17.1 Å². The monoisotopic (exact) mass is 167 g/mol. The minimum atomic E-state index is 0.317. The van der Waals surface area contributed by atoms with Crippen LogP contribution in [0.25, 0.3) is 0 Å². The van der Waals surface area contributed by atoms with Gasteiger partial charge in [0.25, 0.3) is 0 Å². The van der Waals surface area contributed by atoms with Crippen molar-refractivity contribution in [2.24, 2.45) is 16.7 Å². The second-order valence-corrected chi connectivity index (χ2v) is 2.51. The molecule has 5 nitrogen and oxygen atoms in total. The van der Waals surface area contributed by atoms with E-state index in [1.807, 2.05) is 10.9 Å². The Labute approximate surface area is 71.0 Å². The molecule has 0 saturated carbocycles. The average Bonchev–Trinajstić information content (AvgIpc) is 2.52. The van der Waals surface area contributed by atoms with Crippen molar-refractivity contribution in [1.29, 1.82) is 0 Å². The summed E-state index contributed by atoms with van der Waals surface area (Å²) in [5.41, 5.74) is 6.24. The number of hydrazone groups is 1. The molecular formula is C7H13N5. The molecule has 0 aliphatic carbocycles. The zero-order valence-corrected chi connectivity index (χ0v) is 7.07. The van der Waals surface area contributed by atoms with E-state index in [0.717, 1.165) is 18.5 Å². The molecule has 1 rings (SSSR count). The van der Waals surface area contributed by atoms with Gasteiger partial charge in [0.2, 0.25) is 0 Å². The second-order valence-electron chi connectivity index (χ2n) is 2.51. The summed E-state index contributed by atoms with van der Waals surface area (Å²) >= 11 is 0. The van der Waals surface area contributed by atoms with Crippen LogP contribution in [0.1, 0.15) is 18.9 Å². The van der Waals surface area contributed by atoms with E-state index in [1.54, 1.807) is 6.20 Å². The number of hydrogen-bond acceptors (Lipinski definition) is 3. The molecule has 0 radical (unpaired) electrons. The first-order chi connectivity index (χ1) is 5.77. The van der Waals surface area contributed by atoms with Gasteiger partial charge < -0.3 is 11.6 Å². The van der Waals surface area contributed by atoms with Crippen LogP contribution in [0.5, 0.6) is 0 Å². The molecule has 0 amide bonds. The predicted octanol–water partition coefficient (Wildman–Crippen LogP) is -0.128. The number of nitrogens with two attached hydrogens (primary N) is 2. The highest BCUT2D eigenvalue weighted by atomic mass is 15.3. The van der Waals surface area contributed by atoms with Crippen molar-refractivity contribution in [2.45, 2.75) is 19.9 Å². The van der Waals surface area contributed by atoms with Crippen LogP contribution >= 0.6 is 0 Å². The molecule has 0 bridgehead atoms. The zero-order valence-electron chi connectivity index (χ0n) is 7.07. The number of rotatable bonds is 3. The number of hydrogen-bond donors (Lipinski definition) is 2. The fraction of sp³-hybridized carbons (Fsp3) is 0.429. The Bertz CT molecular complexity index is 275. The molecule has 0 aliphatic heterocycles. The SMILES string of the molecule is CCCn1cc(/C(N)=N/N)cn1. The molecule has 1 aromatic rings. The van der Waals surface area contributed by atoms with E-state index in [-0.39, 0.29) is 0 Å². The highest BCUT2D eigenvalue weighted by Crippen LogP contribution is 1.97. The van der Waals surface area contributed by atoms with E-state index < -0.39 is 0 Å². The summed E-state index contributed by atoms with van der Waals surface area (Å²) in [4.78, 5) is 0. The lowest BCUT2D eigenvalue weighted by Crippen LogP contribution is -2.14. The van der Waals surface area contributed by atoms with Gasteiger partial charge in [0.05, 0.1) is 11.8 Å². The second kappa shape index (κ2) is 3.75. The molecule has 0 spiro atoms. The van der Waals surface area contributed by atoms with Crippen LogP contribution < -0.4 is 11.6 Å². The lowest BCUT2D eigenvalue weighted by molar-refractivity contribution is 0.602. The Hall–Kier alpha value is -1.52. The van der Waals surface area contributed by atoms with E-state index in [9.17, 15) is 0 Å². The lowest BCUT2D eigenvalue weighted by atomic mass is 10.3. The first kappa shape index (κ1) is 8.58. The molecule has 0 fully saturated rings. The summed E-state index contributed by atoms with van der Waals surface area (Å²) in [6.45, 7) is 2.97. The molecule has 12 heavy (non-hydrogen) atoms. The van der Waals surface area contributed by atoms with Crippen molar-refractivity contribution < 1.29 is 0 Å². The number of aryl methyl sites for hydroxylation is 1. The summed E-state index contributed by atoms with van der Waals surface area (Å²) < 4.78 is 1.81. The summed E-state index contributed by atoms with van der Waals surface area (Å²) in [5, 5.41) is 7.45. The fourth-order valence-corrected chi connectivity index (χ4v) is 0.922. The topological polar surface area (TPSA) is 82.2 Å². The Morgan fingerprint density at radius 2 is 2.50 bits per heavy atom. The van der Waals surface area contributed by atoms with Gasteiger partial charge in [-0.3, -0.25) is 4.68 Å². The van der Waals surface area contributed by atoms with Crippen molar-refractivity contribution in [3.8, 4) is 0 Å². The molecule has 0 aliphatic rings. The number of nitrogens with zero attached hydrogens (tertiary/aromatic N) is 3. The van der Waals surface area contributed by atoms with Gasteiger partial charge in [-0.15, -0.1) is 0 Å². The Morgan fingerprint density at radius 1 is 1.75 bits per heavy atom. The van der Waals surface area contributed by atoms with E-state index in [0.29, 0.717) is 5.84 Å². The maximum Gasteiger partial charge on any atom is 0.153 e. The van der Waals surface area contributed by atoms with E-state index in [4.69, 9.17) is 11.6 Å². The molecule has 66 valence electrons. The third kappa shape index (κ3) is 1.75. The zero-order chi connectivity index (χ0) is 8.97. The largest absolute Gasteiger partial charge is 0.382 e. The van der Waals surface area contributed by atoms with Crippen LogP contribution in [0, 0.1) is 0 Å². The Kier molecular flexibility index (Phi) is 2.68. The van der Waals surface area contributed by atoms with Crippen molar-refractivity contribution in [3.05, 3.63) is 18.0 Å². The maximum absolute atomic E-state index is 5.48. The van der Waals surface area contributed by atoms with Crippen LogP contribution in [-0.4, -0.2) is 15.6 Å². The molecule has 1 heterocycles. The van der Waals surface area contributed by atoms with Crippen molar-refractivity contribution in [1.82, 2.24) is 9.78 Å². The summed E-state index contributed by atoms with van der Waals surface area (Å²) in [7, 11) is 0. The smallest absolute Gasteiger partial charge is 0.153 e. The van der Waals surface area contributed by atoms with Gasteiger partial charge in [-0.25, -0.2) is 0 Å². The van der Waals surface area contributed by atoms with Crippen LogP contribution in [0.2, 0.25) is 0 Å². The van der Waals surface area contributed by atoms with E-state index in [1.165, 1.54) is 0 Å². The first-order valence-electron chi connectivity index (χ1n) is 3.84. The van der Waals surface area contributed by atoms with Gasteiger partial charge in [-0.05, 0) is 6.42 Å². The summed E-state index contributed by atoms with van der Waals surface area (Å²) in [6, 6.07) is 0. The number of amidine groups is 1. The van der Waals surface area contributed by atoms with E-state index >= 15 is 0 Å². The van der Waals surface area contributed by atoms with Crippen LogP contribution in [0.15, 0.2) is 17.5 Å². The van der Waals surface area contributed by atoms with Gasteiger partial charge in [-0.1, -0.05) is 6.92 Å². The normalized spacial score (nSPS) is 11.9. The quantitative estimate of drug-likeness (QED) is 0.285. The summed E-state index contributed by atoms with van der Waals surface area (Å²) in [5.74, 6) is 5.33. The highest BCUT2D eigenvalue weighted by Gasteiger charge is 2.00. The molecule has 5 heteroatoms. The molecule has 0 saturated heterocycles. The van der Waals surface area contributed by atoms with Gasteiger partial charge >= 0.3 is 0 Å². The minimum absolute atomic E-state index is 0.317. The summed E-state index contributed by atoms with van der Waals surface area (Å²) in [6.07, 6.45) is 4.53. The first-order valence-corrected chi connectivity index (χ1v) is 3.84. The van der Waals surface area contributed by atoms with Crippen molar-refractivity contribution in [2.75, 3.05) is 0 Å². The molecule has 0 atom stereocenters. The lowest BCUT2D eigenvalue weighted by Gasteiger charge is -1.94. The van der Waals surface area contributed by atoms with Crippen molar-refractivity contribution in [3.63, 3.8) is 0 Å². The van der Waals surface area contributed by atoms with Gasteiger partial charge in [0, 0.05) is 12.7 Å². The maximum atomic E-state index is 5.48. The molecule has 0 aromatic carbocycles. The number of aromatic nitrogens is 2. The Balaban J connectivity index is 2.77. The van der Waals surface area contributed by atoms with Gasteiger partial charge in [0.15, 0.2) is 5.84 Å². The highest BCUT2D eigenvalue weighted by molar-refractivity contribution is 5.96. The minimum Gasteiger partial charge on any atom is -0.382 e. The van der Waals surface area contributed by atoms with Crippen LogP contribution in [0.3, 0.4) is 0 Å². The average molecular weight is 167 g/mol. The van der Waals surface area contributed by atoms with Gasteiger partial charge in [0.1, 0.15) is 0 Å².